The first kappa shape index (κ1) is 23.3. The highest BCUT2D eigenvalue weighted by Gasteiger charge is 2.23. The highest BCUT2D eigenvalue weighted by Crippen LogP contribution is 2.33. The fraction of sp³-hybridized carbons (Fsp3) is 0.696. The van der Waals surface area contributed by atoms with Crippen molar-refractivity contribution in [3.63, 3.8) is 0 Å². The SMILES string of the molecule is CCNC(=NCC(C)(C)c1ccc(OC)c(OC)c1)N(C)CCC1CCOCC1. The van der Waals surface area contributed by atoms with E-state index in [0.717, 1.165) is 49.7 Å². The van der Waals surface area contributed by atoms with Crippen LogP contribution in [0.15, 0.2) is 23.2 Å². The van der Waals surface area contributed by atoms with Crippen molar-refractivity contribution >= 4 is 5.96 Å². The van der Waals surface area contributed by atoms with Crippen LogP contribution in [0.25, 0.3) is 0 Å². The van der Waals surface area contributed by atoms with Crippen molar-refractivity contribution in [2.75, 3.05) is 54.1 Å². The lowest BCUT2D eigenvalue weighted by Crippen LogP contribution is -2.41. The molecule has 1 saturated heterocycles. The topological polar surface area (TPSA) is 55.3 Å². The van der Waals surface area contributed by atoms with Gasteiger partial charge in [-0.25, -0.2) is 0 Å². The molecule has 1 aliphatic rings. The van der Waals surface area contributed by atoms with Gasteiger partial charge in [-0.15, -0.1) is 0 Å². The molecule has 0 saturated carbocycles. The Balaban J connectivity index is 2.04. The number of methoxy groups -OCH3 is 2. The molecule has 164 valence electrons. The molecule has 1 aromatic rings. The van der Waals surface area contributed by atoms with E-state index >= 15 is 0 Å². The molecule has 29 heavy (non-hydrogen) atoms. The van der Waals surface area contributed by atoms with Crippen molar-refractivity contribution in [1.29, 1.82) is 0 Å². The lowest BCUT2D eigenvalue weighted by Gasteiger charge is -2.28. The maximum Gasteiger partial charge on any atom is 0.193 e. The van der Waals surface area contributed by atoms with Crippen molar-refractivity contribution in [3.05, 3.63) is 23.8 Å². The number of hydrogen-bond acceptors (Lipinski definition) is 4. The predicted octanol–water partition coefficient (Wildman–Crippen LogP) is 3.70. The zero-order valence-electron chi connectivity index (χ0n) is 19.1. The molecule has 1 fully saturated rings. The maximum absolute atomic E-state index is 5.48. The summed E-state index contributed by atoms with van der Waals surface area (Å²) in [6.07, 6.45) is 3.53. The van der Waals surface area contributed by atoms with E-state index in [2.05, 4.69) is 50.2 Å². The van der Waals surface area contributed by atoms with Gasteiger partial charge in [-0.2, -0.15) is 0 Å². The van der Waals surface area contributed by atoms with E-state index in [4.69, 9.17) is 19.2 Å². The summed E-state index contributed by atoms with van der Waals surface area (Å²) in [5, 5.41) is 3.44. The van der Waals surface area contributed by atoms with E-state index in [1.165, 1.54) is 24.8 Å². The third kappa shape index (κ3) is 6.81. The molecule has 0 unspecified atom stereocenters. The number of nitrogens with zero attached hydrogens (tertiary/aromatic N) is 2. The van der Waals surface area contributed by atoms with Crippen LogP contribution in [0.1, 0.15) is 45.6 Å². The van der Waals surface area contributed by atoms with Crippen molar-refractivity contribution in [3.8, 4) is 11.5 Å². The van der Waals surface area contributed by atoms with E-state index in [1.807, 2.05) is 6.07 Å². The number of rotatable bonds is 9. The van der Waals surface area contributed by atoms with Gasteiger partial charge in [-0.1, -0.05) is 19.9 Å². The number of hydrogen-bond donors (Lipinski definition) is 1. The molecule has 0 bridgehead atoms. The van der Waals surface area contributed by atoms with Crippen LogP contribution >= 0.6 is 0 Å². The zero-order valence-corrected chi connectivity index (χ0v) is 19.1. The summed E-state index contributed by atoms with van der Waals surface area (Å²) in [6, 6.07) is 6.11. The fourth-order valence-electron chi connectivity index (χ4n) is 3.61. The molecule has 0 spiro atoms. The normalized spacial score (nSPS) is 15.9. The Morgan fingerprint density at radius 1 is 1.21 bits per heavy atom. The third-order valence-corrected chi connectivity index (χ3v) is 5.70. The van der Waals surface area contributed by atoms with E-state index in [1.54, 1.807) is 14.2 Å². The number of benzene rings is 1. The van der Waals surface area contributed by atoms with Crippen LogP contribution in [-0.4, -0.2) is 65.0 Å². The summed E-state index contributed by atoms with van der Waals surface area (Å²) in [4.78, 5) is 7.21. The molecule has 0 atom stereocenters. The van der Waals surface area contributed by atoms with E-state index in [0.29, 0.717) is 6.54 Å². The second kappa shape index (κ2) is 11.3. The Labute approximate surface area is 176 Å². The first-order valence-corrected chi connectivity index (χ1v) is 10.7. The van der Waals surface area contributed by atoms with Crippen LogP contribution < -0.4 is 14.8 Å². The first-order valence-electron chi connectivity index (χ1n) is 10.7. The van der Waals surface area contributed by atoms with Crippen molar-refractivity contribution in [2.24, 2.45) is 10.9 Å². The van der Waals surface area contributed by atoms with E-state index < -0.39 is 0 Å². The minimum Gasteiger partial charge on any atom is -0.493 e. The van der Waals surface area contributed by atoms with Crippen LogP contribution in [0.2, 0.25) is 0 Å². The van der Waals surface area contributed by atoms with Crippen molar-refractivity contribution < 1.29 is 14.2 Å². The van der Waals surface area contributed by atoms with Gasteiger partial charge in [-0.05, 0) is 49.8 Å². The minimum absolute atomic E-state index is 0.123. The molecule has 1 aliphatic heterocycles. The van der Waals surface area contributed by atoms with Gasteiger partial charge in [0.25, 0.3) is 0 Å². The first-order chi connectivity index (χ1) is 13.9. The second-order valence-electron chi connectivity index (χ2n) is 8.39. The van der Waals surface area contributed by atoms with Crippen LogP contribution in [0.3, 0.4) is 0 Å². The summed E-state index contributed by atoms with van der Waals surface area (Å²) in [6.45, 7) is 10.9. The molecule has 0 radical (unpaired) electrons. The number of nitrogens with one attached hydrogen (secondary N) is 1. The molecule has 2 rings (SSSR count). The highest BCUT2D eigenvalue weighted by atomic mass is 16.5. The molecular formula is C23H39N3O3. The Bertz CT molecular complexity index is 655. The summed E-state index contributed by atoms with van der Waals surface area (Å²) in [7, 11) is 5.46. The largest absolute Gasteiger partial charge is 0.493 e. The molecular weight excluding hydrogens is 366 g/mol. The van der Waals surface area contributed by atoms with Gasteiger partial charge in [-0.3, -0.25) is 4.99 Å². The molecule has 1 aromatic carbocycles. The summed E-state index contributed by atoms with van der Waals surface area (Å²) < 4.78 is 16.3. The van der Waals surface area contributed by atoms with E-state index in [9.17, 15) is 0 Å². The molecule has 0 amide bonds. The van der Waals surface area contributed by atoms with Gasteiger partial charge in [0.1, 0.15) is 0 Å². The number of guanidine groups is 1. The molecule has 1 heterocycles. The third-order valence-electron chi connectivity index (χ3n) is 5.70. The summed E-state index contributed by atoms with van der Waals surface area (Å²) >= 11 is 0. The number of ether oxygens (including phenoxy) is 3. The Morgan fingerprint density at radius 3 is 2.52 bits per heavy atom. The Hall–Kier alpha value is -1.95. The average molecular weight is 406 g/mol. The van der Waals surface area contributed by atoms with Crippen LogP contribution in [0, 0.1) is 5.92 Å². The molecule has 6 heteroatoms. The van der Waals surface area contributed by atoms with Gasteiger partial charge in [0.05, 0.1) is 20.8 Å². The lowest BCUT2D eigenvalue weighted by atomic mass is 9.84. The monoisotopic (exact) mass is 405 g/mol. The smallest absolute Gasteiger partial charge is 0.193 e. The predicted molar refractivity (Wildman–Crippen MR) is 119 cm³/mol. The van der Waals surface area contributed by atoms with Gasteiger partial charge >= 0.3 is 0 Å². The van der Waals surface area contributed by atoms with Gasteiger partial charge in [0, 0.05) is 38.8 Å². The van der Waals surface area contributed by atoms with Crippen LogP contribution in [0.5, 0.6) is 11.5 Å². The van der Waals surface area contributed by atoms with Gasteiger partial charge in [0.2, 0.25) is 0 Å². The van der Waals surface area contributed by atoms with Gasteiger partial charge in [0.15, 0.2) is 17.5 Å². The maximum atomic E-state index is 5.48. The fourth-order valence-corrected chi connectivity index (χ4v) is 3.61. The second-order valence-corrected chi connectivity index (χ2v) is 8.39. The molecule has 1 N–H and O–H groups in total. The standard InChI is InChI=1S/C23H39N3O3/c1-7-24-22(26(4)13-10-18-11-14-29-15-12-18)25-17-23(2,3)19-8-9-20(27-5)21(16-19)28-6/h8-9,16,18H,7,10-15,17H2,1-6H3,(H,24,25). The Kier molecular flexibility index (Phi) is 9.08. The minimum atomic E-state index is -0.123. The zero-order chi connectivity index (χ0) is 21.3. The van der Waals surface area contributed by atoms with E-state index in [-0.39, 0.29) is 5.41 Å². The lowest BCUT2D eigenvalue weighted by molar-refractivity contribution is 0.0625. The van der Waals surface area contributed by atoms with Crippen molar-refractivity contribution in [2.45, 2.75) is 45.4 Å². The summed E-state index contributed by atoms with van der Waals surface area (Å²) in [5.74, 6) is 3.23. The Morgan fingerprint density at radius 2 is 1.90 bits per heavy atom. The van der Waals surface area contributed by atoms with Crippen molar-refractivity contribution in [1.82, 2.24) is 10.2 Å². The molecule has 0 aliphatic carbocycles. The quantitative estimate of drug-likeness (QED) is 0.502. The average Bonchev–Trinajstić information content (AvgIpc) is 2.75. The molecule has 6 nitrogen and oxygen atoms in total. The van der Waals surface area contributed by atoms with Crippen LogP contribution in [0.4, 0.5) is 0 Å². The number of aliphatic imine (C=N–C) groups is 1. The highest BCUT2D eigenvalue weighted by molar-refractivity contribution is 5.79. The molecule has 0 aromatic heterocycles. The van der Waals surface area contributed by atoms with Gasteiger partial charge < -0.3 is 24.4 Å². The summed E-state index contributed by atoms with van der Waals surface area (Å²) in [5.41, 5.74) is 1.06. The van der Waals surface area contributed by atoms with Crippen LogP contribution in [-0.2, 0) is 10.2 Å².